The molecule has 86 valence electrons. The molecule has 0 heterocycles. The molecule has 3 heteroatoms. The number of hydrogen-bond acceptors (Lipinski definition) is 3. The van der Waals surface area contributed by atoms with Crippen LogP contribution in [0.2, 0.25) is 0 Å². The fourth-order valence-corrected chi connectivity index (χ4v) is 1.69. The van der Waals surface area contributed by atoms with Gasteiger partial charge in [0.1, 0.15) is 0 Å². The van der Waals surface area contributed by atoms with Crippen LogP contribution in [-0.4, -0.2) is 5.78 Å². The van der Waals surface area contributed by atoms with Gasteiger partial charge in [-0.25, -0.2) is 0 Å². The summed E-state index contributed by atoms with van der Waals surface area (Å²) in [6.07, 6.45) is 0. The molecule has 0 unspecified atom stereocenters. The molecule has 2 rings (SSSR count). The van der Waals surface area contributed by atoms with Gasteiger partial charge in [-0.3, -0.25) is 4.79 Å². The number of hydrogen-bond donors (Lipinski definition) is 2. The Morgan fingerprint density at radius 2 is 1.65 bits per heavy atom. The average Bonchev–Trinajstić information content (AvgIpc) is 2.36. The second kappa shape index (κ2) is 4.29. The average molecular weight is 226 g/mol. The summed E-state index contributed by atoms with van der Waals surface area (Å²) in [5, 5.41) is 0. The maximum Gasteiger partial charge on any atom is 0.195 e. The predicted octanol–water partition coefficient (Wildman–Crippen LogP) is 2.39. The third kappa shape index (κ3) is 1.99. The van der Waals surface area contributed by atoms with Crippen LogP contribution < -0.4 is 11.5 Å². The number of rotatable bonds is 2. The van der Waals surface area contributed by atoms with E-state index >= 15 is 0 Å². The summed E-state index contributed by atoms with van der Waals surface area (Å²) in [7, 11) is 0. The minimum atomic E-state index is -0.0776. The van der Waals surface area contributed by atoms with Crippen molar-refractivity contribution in [3.63, 3.8) is 0 Å². The van der Waals surface area contributed by atoms with Crippen LogP contribution in [0.1, 0.15) is 21.5 Å². The van der Waals surface area contributed by atoms with E-state index in [9.17, 15) is 4.79 Å². The quantitative estimate of drug-likeness (QED) is 0.610. The van der Waals surface area contributed by atoms with Gasteiger partial charge in [-0.05, 0) is 24.6 Å². The molecule has 4 N–H and O–H groups in total. The Balaban J connectivity index is 2.49. The van der Waals surface area contributed by atoms with E-state index in [2.05, 4.69) is 0 Å². The maximum absolute atomic E-state index is 12.2. The fourth-order valence-electron chi connectivity index (χ4n) is 1.69. The van der Waals surface area contributed by atoms with Gasteiger partial charge in [-0.1, -0.05) is 30.3 Å². The highest BCUT2D eigenvalue weighted by Gasteiger charge is 2.14. The van der Waals surface area contributed by atoms with Crippen molar-refractivity contribution in [1.82, 2.24) is 0 Å². The van der Waals surface area contributed by atoms with Crippen molar-refractivity contribution in [2.24, 2.45) is 0 Å². The summed E-state index contributed by atoms with van der Waals surface area (Å²) in [4.78, 5) is 12.2. The molecular weight excluding hydrogens is 212 g/mol. The third-order valence-corrected chi connectivity index (χ3v) is 2.84. The molecule has 0 atom stereocenters. The van der Waals surface area contributed by atoms with Crippen LogP contribution in [0.4, 0.5) is 11.4 Å². The lowest BCUT2D eigenvalue weighted by molar-refractivity contribution is 0.103. The van der Waals surface area contributed by atoms with Crippen molar-refractivity contribution in [3.8, 4) is 0 Å². The first-order valence-electron chi connectivity index (χ1n) is 5.35. The number of nitrogen functional groups attached to an aromatic ring is 2. The highest BCUT2D eigenvalue weighted by Crippen LogP contribution is 2.24. The number of ketones is 1. The summed E-state index contributed by atoms with van der Waals surface area (Å²) >= 11 is 0. The third-order valence-electron chi connectivity index (χ3n) is 2.84. The summed E-state index contributed by atoms with van der Waals surface area (Å²) in [6.45, 7) is 1.81. The zero-order valence-corrected chi connectivity index (χ0v) is 9.60. The van der Waals surface area contributed by atoms with Crippen molar-refractivity contribution < 1.29 is 4.79 Å². The van der Waals surface area contributed by atoms with Gasteiger partial charge in [0.15, 0.2) is 5.78 Å². The normalized spacial score (nSPS) is 10.2. The van der Waals surface area contributed by atoms with E-state index in [1.165, 1.54) is 0 Å². The molecule has 0 saturated carbocycles. The van der Waals surface area contributed by atoms with E-state index in [0.717, 1.165) is 5.56 Å². The van der Waals surface area contributed by atoms with Gasteiger partial charge >= 0.3 is 0 Å². The van der Waals surface area contributed by atoms with Gasteiger partial charge in [0.25, 0.3) is 0 Å². The predicted molar refractivity (Wildman–Crippen MR) is 69.9 cm³/mol. The summed E-state index contributed by atoms with van der Waals surface area (Å²) in [6, 6.07) is 12.4. The van der Waals surface area contributed by atoms with Crippen LogP contribution >= 0.6 is 0 Å². The first-order valence-corrected chi connectivity index (χ1v) is 5.35. The molecule has 0 saturated heterocycles. The Bertz CT molecular complexity index is 562. The van der Waals surface area contributed by atoms with E-state index in [-0.39, 0.29) is 5.78 Å². The summed E-state index contributed by atoms with van der Waals surface area (Å²) in [5.41, 5.74) is 14.6. The van der Waals surface area contributed by atoms with E-state index < -0.39 is 0 Å². The first kappa shape index (κ1) is 11.2. The minimum Gasteiger partial charge on any atom is -0.398 e. The molecule has 0 radical (unpaired) electrons. The molecular formula is C14H14N2O. The Morgan fingerprint density at radius 3 is 2.29 bits per heavy atom. The van der Waals surface area contributed by atoms with Gasteiger partial charge in [0.2, 0.25) is 0 Å². The number of nitrogens with two attached hydrogens (primary N) is 2. The lowest BCUT2D eigenvalue weighted by Crippen LogP contribution is -2.08. The van der Waals surface area contributed by atoms with Crippen LogP contribution in [0, 0.1) is 6.92 Å². The lowest BCUT2D eigenvalue weighted by atomic mass is 9.98. The maximum atomic E-state index is 12.2. The highest BCUT2D eigenvalue weighted by molar-refractivity contribution is 6.12. The van der Waals surface area contributed by atoms with Crippen LogP contribution in [0.3, 0.4) is 0 Å². The SMILES string of the molecule is Cc1c(N)ccc(C(=O)c2ccccc2)c1N. The van der Waals surface area contributed by atoms with E-state index in [1.807, 2.05) is 25.1 Å². The number of anilines is 2. The van der Waals surface area contributed by atoms with Crippen LogP contribution in [0.15, 0.2) is 42.5 Å². The molecule has 3 nitrogen and oxygen atoms in total. The van der Waals surface area contributed by atoms with Crippen molar-refractivity contribution in [2.45, 2.75) is 6.92 Å². The number of carbonyl (C=O) groups is 1. The summed E-state index contributed by atoms with van der Waals surface area (Å²) < 4.78 is 0. The minimum absolute atomic E-state index is 0.0776. The van der Waals surface area contributed by atoms with Crippen molar-refractivity contribution in [1.29, 1.82) is 0 Å². The molecule has 0 aliphatic heterocycles. The number of carbonyl (C=O) groups excluding carboxylic acids is 1. The molecule has 0 aliphatic rings. The molecule has 0 fully saturated rings. The standard InChI is InChI=1S/C14H14N2O/c1-9-12(15)8-7-11(13(9)16)14(17)10-5-3-2-4-6-10/h2-8H,15-16H2,1H3. The Morgan fingerprint density at radius 1 is 1.00 bits per heavy atom. The smallest absolute Gasteiger partial charge is 0.195 e. The first-order chi connectivity index (χ1) is 8.11. The van der Waals surface area contributed by atoms with E-state index in [4.69, 9.17) is 11.5 Å². The molecule has 2 aromatic carbocycles. The van der Waals surface area contributed by atoms with Crippen molar-refractivity contribution in [2.75, 3.05) is 11.5 Å². The van der Waals surface area contributed by atoms with Crippen LogP contribution in [0.5, 0.6) is 0 Å². The molecule has 0 aliphatic carbocycles. The van der Waals surface area contributed by atoms with Gasteiger partial charge < -0.3 is 11.5 Å². The topological polar surface area (TPSA) is 69.1 Å². The van der Waals surface area contributed by atoms with Crippen LogP contribution in [-0.2, 0) is 0 Å². The van der Waals surface area contributed by atoms with Gasteiger partial charge in [0, 0.05) is 22.5 Å². The second-order valence-electron chi connectivity index (χ2n) is 3.94. The Labute approximate surface area is 100 Å². The largest absolute Gasteiger partial charge is 0.398 e. The molecule has 17 heavy (non-hydrogen) atoms. The van der Waals surface area contributed by atoms with E-state index in [0.29, 0.717) is 22.5 Å². The van der Waals surface area contributed by atoms with Crippen molar-refractivity contribution >= 4 is 17.2 Å². The van der Waals surface area contributed by atoms with Gasteiger partial charge in [0.05, 0.1) is 0 Å². The number of benzene rings is 2. The highest BCUT2D eigenvalue weighted by atomic mass is 16.1. The Hall–Kier alpha value is -2.29. The lowest BCUT2D eigenvalue weighted by Gasteiger charge is -2.09. The fraction of sp³-hybridized carbons (Fsp3) is 0.0714. The monoisotopic (exact) mass is 226 g/mol. The molecule has 0 amide bonds. The van der Waals surface area contributed by atoms with Gasteiger partial charge in [-0.2, -0.15) is 0 Å². The molecule has 2 aromatic rings. The van der Waals surface area contributed by atoms with E-state index in [1.54, 1.807) is 24.3 Å². The molecule has 0 spiro atoms. The zero-order valence-electron chi connectivity index (χ0n) is 9.60. The Kier molecular flexibility index (Phi) is 2.83. The van der Waals surface area contributed by atoms with Gasteiger partial charge in [-0.15, -0.1) is 0 Å². The molecule has 0 aromatic heterocycles. The van der Waals surface area contributed by atoms with Crippen molar-refractivity contribution in [3.05, 3.63) is 59.2 Å². The molecule has 0 bridgehead atoms. The second-order valence-corrected chi connectivity index (χ2v) is 3.94. The van der Waals surface area contributed by atoms with Crippen LogP contribution in [0.25, 0.3) is 0 Å². The summed E-state index contributed by atoms with van der Waals surface area (Å²) in [5.74, 6) is -0.0776. The zero-order chi connectivity index (χ0) is 12.4.